The Bertz CT molecular complexity index is 445. The third kappa shape index (κ3) is 4.54. The first-order valence-electron chi connectivity index (χ1n) is 6.65. The third-order valence-electron chi connectivity index (χ3n) is 3.12. The monoisotopic (exact) mass is 296 g/mol. The van der Waals surface area contributed by atoms with E-state index in [1.54, 1.807) is 18.2 Å². The average molecular weight is 297 g/mol. The molecule has 1 aromatic rings. The molecular formula is C15H21ClN2O2. The van der Waals surface area contributed by atoms with E-state index in [9.17, 15) is 4.79 Å². The van der Waals surface area contributed by atoms with Crippen molar-refractivity contribution >= 4 is 18.3 Å². The van der Waals surface area contributed by atoms with Gasteiger partial charge in [-0.2, -0.15) is 0 Å². The van der Waals surface area contributed by atoms with Crippen molar-refractivity contribution in [3.8, 4) is 5.75 Å². The number of amides is 1. The number of carbonyl (C=O) groups excluding carboxylic acids is 1. The summed E-state index contributed by atoms with van der Waals surface area (Å²) < 4.78 is 5.50. The van der Waals surface area contributed by atoms with Crippen LogP contribution < -0.4 is 15.4 Å². The lowest BCUT2D eigenvalue weighted by Gasteiger charge is -2.24. The van der Waals surface area contributed by atoms with Gasteiger partial charge in [0, 0.05) is 12.6 Å². The standard InChI is InChI=1S/C15H20N2O2.ClH/c1-2-10-19-14-8-4-3-7-13(14)15(18)17-12-6-5-9-16-11-12;/h2-4,7-8,12,16H,1,5-6,9-11H2,(H,17,18);1H/t12-;/m0./s1. The molecule has 1 atom stereocenters. The second-order valence-corrected chi connectivity index (χ2v) is 4.61. The highest BCUT2D eigenvalue weighted by atomic mass is 35.5. The van der Waals surface area contributed by atoms with Gasteiger partial charge < -0.3 is 15.4 Å². The molecule has 1 amide bonds. The molecule has 4 nitrogen and oxygen atoms in total. The Morgan fingerprint density at radius 3 is 3.00 bits per heavy atom. The smallest absolute Gasteiger partial charge is 0.255 e. The van der Waals surface area contributed by atoms with Crippen LogP contribution in [0.5, 0.6) is 5.75 Å². The summed E-state index contributed by atoms with van der Waals surface area (Å²) in [5.74, 6) is 0.525. The molecule has 1 fully saturated rings. The van der Waals surface area contributed by atoms with Crippen molar-refractivity contribution in [1.82, 2.24) is 10.6 Å². The van der Waals surface area contributed by atoms with Crippen LogP contribution in [0, 0.1) is 0 Å². The zero-order valence-electron chi connectivity index (χ0n) is 11.4. The minimum absolute atomic E-state index is 0. The molecule has 2 rings (SSSR count). The molecule has 1 saturated heterocycles. The summed E-state index contributed by atoms with van der Waals surface area (Å²) in [7, 11) is 0. The fourth-order valence-corrected chi connectivity index (χ4v) is 2.17. The van der Waals surface area contributed by atoms with Gasteiger partial charge in [0.1, 0.15) is 12.4 Å². The van der Waals surface area contributed by atoms with E-state index in [1.165, 1.54) is 0 Å². The molecule has 0 aromatic heterocycles. The normalized spacial score (nSPS) is 17.7. The molecule has 2 N–H and O–H groups in total. The van der Waals surface area contributed by atoms with Crippen LogP contribution in [0.4, 0.5) is 0 Å². The Kier molecular flexibility index (Phi) is 7.12. The van der Waals surface area contributed by atoms with Gasteiger partial charge in [-0.3, -0.25) is 4.79 Å². The van der Waals surface area contributed by atoms with E-state index in [-0.39, 0.29) is 24.4 Å². The molecule has 0 saturated carbocycles. The first-order chi connectivity index (χ1) is 9.31. The highest BCUT2D eigenvalue weighted by molar-refractivity contribution is 5.97. The molecule has 0 radical (unpaired) electrons. The fraction of sp³-hybridized carbons (Fsp3) is 0.400. The van der Waals surface area contributed by atoms with Gasteiger partial charge >= 0.3 is 0 Å². The molecule has 5 heteroatoms. The molecule has 0 spiro atoms. The van der Waals surface area contributed by atoms with E-state index in [2.05, 4.69) is 17.2 Å². The van der Waals surface area contributed by atoms with Crippen LogP contribution >= 0.6 is 12.4 Å². The van der Waals surface area contributed by atoms with Crippen LogP contribution in [0.3, 0.4) is 0 Å². The summed E-state index contributed by atoms with van der Waals surface area (Å²) in [4.78, 5) is 12.3. The fourth-order valence-electron chi connectivity index (χ4n) is 2.17. The number of benzene rings is 1. The van der Waals surface area contributed by atoms with Crippen molar-refractivity contribution in [2.75, 3.05) is 19.7 Å². The second-order valence-electron chi connectivity index (χ2n) is 4.61. The predicted octanol–water partition coefficient (Wildman–Crippen LogP) is 2.16. The maximum Gasteiger partial charge on any atom is 0.255 e. The lowest BCUT2D eigenvalue weighted by atomic mass is 10.1. The molecule has 0 unspecified atom stereocenters. The first kappa shape index (κ1) is 16.5. The van der Waals surface area contributed by atoms with Gasteiger partial charge in [-0.25, -0.2) is 0 Å². The molecule has 1 aromatic carbocycles. The maximum atomic E-state index is 12.3. The predicted molar refractivity (Wildman–Crippen MR) is 82.7 cm³/mol. The van der Waals surface area contributed by atoms with Crippen molar-refractivity contribution in [3.63, 3.8) is 0 Å². The Labute approximate surface area is 126 Å². The Morgan fingerprint density at radius 1 is 1.50 bits per heavy atom. The van der Waals surface area contributed by atoms with E-state index in [0.717, 1.165) is 25.9 Å². The average Bonchev–Trinajstić information content (AvgIpc) is 2.46. The van der Waals surface area contributed by atoms with Crippen LogP contribution in [0.25, 0.3) is 0 Å². The number of rotatable bonds is 5. The number of nitrogens with one attached hydrogen (secondary N) is 2. The van der Waals surface area contributed by atoms with Crippen LogP contribution in [0.15, 0.2) is 36.9 Å². The van der Waals surface area contributed by atoms with E-state index in [4.69, 9.17) is 4.74 Å². The molecule has 1 heterocycles. The zero-order chi connectivity index (χ0) is 13.5. The van der Waals surface area contributed by atoms with Crippen molar-refractivity contribution in [3.05, 3.63) is 42.5 Å². The minimum atomic E-state index is -0.0756. The summed E-state index contributed by atoms with van der Waals surface area (Å²) in [5, 5.41) is 6.33. The Morgan fingerprint density at radius 2 is 2.30 bits per heavy atom. The first-order valence-corrected chi connectivity index (χ1v) is 6.65. The van der Waals surface area contributed by atoms with Crippen LogP contribution in [0.1, 0.15) is 23.2 Å². The quantitative estimate of drug-likeness (QED) is 0.819. The lowest BCUT2D eigenvalue weighted by molar-refractivity contribution is 0.0927. The highest BCUT2D eigenvalue weighted by Gasteiger charge is 2.18. The minimum Gasteiger partial charge on any atom is -0.489 e. The van der Waals surface area contributed by atoms with Crippen LogP contribution in [-0.2, 0) is 0 Å². The second kappa shape index (κ2) is 8.61. The van der Waals surface area contributed by atoms with Gasteiger partial charge in [-0.05, 0) is 31.5 Å². The Hall–Kier alpha value is -1.52. The van der Waals surface area contributed by atoms with E-state index in [1.807, 2.05) is 12.1 Å². The van der Waals surface area contributed by atoms with Gasteiger partial charge in [-0.1, -0.05) is 24.8 Å². The van der Waals surface area contributed by atoms with E-state index < -0.39 is 0 Å². The van der Waals surface area contributed by atoms with Crippen molar-refractivity contribution < 1.29 is 9.53 Å². The van der Waals surface area contributed by atoms with Gasteiger partial charge in [0.05, 0.1) is 5.56 Å². The molecule has 1 aliphatic rings. The maximum absolute atomic E-state index is 12.3. The van der Waals surface area contributed by atoms with Crippen molar-refractivity contribution in [2.45, 2.75) is 18.9 Å². The highest BCUT2D eigenvalue weighted by Crippen LogP contribution is 2.18. The molecule has 0 bridgehead atoms. The number of hydrogen-bond donors (Lipinski definition) is 2. The molecule has 0 aliphatic carbocycles. The Balaban J connectivity index is 0.00000200. The van der Waals surface area contributed by atoms with Crippen LogP contribution in [0.2, 0.25) is 0 Å². The number of hydrogen-bond acceptors (Lipinski definition) is 3. The zero-order valence-corrected chi connectivity index (χ0v) is 12.2. The summed E-state index contributed by atoms with van der Waals surface area (Å²) in [6.45, 7) is 5.88. The van der Waals surface area contributed by atoms with Gasteiger partial charge in [-0.15, -0.1) is 12.4 Å². The number of para-hydroxylation sites is 1. The third-order valence-corrected chi connectivity index (χ3v) is 3.12. The van der Waals surface area contributed by atoms with Gasteiger partial charge in [0.25, 0.3) is 5.91 Å². The number of piperidine rings is 1. The number of ether oxygens (including phenoxy) is 1. The molecule has 110 valence electrons. The van der Waals surface area contributed by atoms with Crippen LogP contribution in [-0.4, -0.2) is 31.6 Å². The molecular weight excluding hydrogens is 276 g/mol. The number of halogens is 1. The van der Waals surface area contributed by atoms with Gasteiger partial charge in [0.2, 0.25) is 0 Å². The lowest BCUT2D eigenvalue weighted by Crippen LogP contribution is -2.45. The van der Waals surface area contributed by atoms with E-state index >= 15 is 0 Å². The summed E-state index contributed by atoms with van der Waals surface area (Å²) >= 11 is 0. The summed E-state index contributed by atoms with van der Waals surface area (Å²) in [5.41, 5.74) is 0.579. The largest absolute Gasteiger partial charge is 0.489 e. The molecule has 1 aliphatic heterocycles. The molecule has 20 heavy (non-hydrogen) atoms. The van der Waals surface area contributed by atoms with Crippen molar-refractivity contribution in [1.29, 1.82) is 0 Å². The topological polar surface area (TPSA) is 50.4 Å². The SMILES string of the molecule is C=CCOc1ccccc1C(=O)N[C@H]1CCCNC1.Cl. The van der Waals surface area contributed by atoms with E-state index in [0.29, 0.717) is 17.9 Å². The van der Waals surface area contributed by atoms with Crippen molar-refractivity contribution in [2.24, 2.45) is 0 Å². The summed E-state index contributed by atoms with van der Waals surface area (Å²) in [6, 6.07) is 7.49. The number of carbonyl (C=O) groups is 1. The summed E-state index contributed by atoms with van der Waals surface area (Å²) in [6.07, 6.45) is 3.79. The van der Waals surface area contributed by atoms with Gasteiger partial charge in [0.15, 0.2) is 0 Å².